The molecule has 3 nitrogen and oxygen atoms in total. The number of rotatable bonds is 6. The van der Waals surface area contributed by atoms with Gasteiger partial charge in [0.15, 0.2) is 0 Å². The zero-order valence-corrected chi connectivity index (χ0v) is 13.8. The van der Waals surface area contributed by atoms with Gasteiger partial charge in [0, 0.05) is 30.2 Å². The first-order chi connectivity index (χ1) is 11.2. The number of amides is 1. The third-order valence-corrected chi connectivity index (χ3v) is 4.62. The van der Waals surface area contributed by atoms with E-state index < -0.39 is 0 Å². The Morgan fingerprint density at radius 3 is 2.74 bits per heavy atom. The molecule has 0 unspecified atom stereocenters. The first kappa shape index (κ1) is 15.6. The summed E-state index contributed by atoms with van der Waals surface area (Å²) in [4.78, 5) is 12.3. The maximum atomic E-state index is 11.1. The standard InChI is InChI=1S/C19H19NO2S/c1-14(21)20-12-11-18(19-10-5-13-23-19)22-17-9-4-7-15-6-2-3-8-16(15)17/h2-10,13,18H,11-12H2,1H3,(H,20,21)/t18-/m0/s1. The van der Waals surface area contributed by atoms with Crippen LogP contribution >= 0.6 is 11.3 Å². The second-order valence-corrected chi connectivity index (χ2v) is 6.35. The van der Waals surface area contributed by atoms with Gasteiger partial charge in [-0.25, -0.2) is 0 Å². The number of benzene rings is 2. The molecule has 2 aromatic carbocycles. The van der Waals surface area contributed by atoms with Crippen LogP contribution in [0.1, 0.15) is 24.3 Å². The van der Waals surface area contributed by atoms with Gasteiger partial charge in [0.25, 0.3) is 0 Å². The van der Waals surface area contributed by atoms with Crippen LogP contribution in [0.5, 0.6) is 5.75 Å². The fourth-order valence-electron chi connectivity index (χ4n) is 2.56. The summed E-state index contributed by atoms with van der Waals surface area (Å²) in [6.45, 7) is 2.13. The molecule has 3 aromatic rings. The minimum atomic E-state index is -0.0624. The van der Waals surface area contributed by atoms with E-state index in [9.17, 15) is 4.79 Å². The van der Waals surface area contributed by atoms with E-state index in [1.165, 1.54) is 11.8 Å². The number of hydrogen-bond donors (Lipinski definition) is 1. The van der Waals surface area contributed by atoms with Crippen molar-refractivity contribution in [3.63, 3.8) is 0 Å². The van der Waals surface area contributed by atoms with Crippen molar-refractivity contribution < 1.29 is 9.53 Å². The van der Waals surface area contributed by atoms with E-state index >= 15 is 0 Å². The molecular formula is C19H19NO2S. The highest BCUT2D eigenvalue weighted by Gasteiger charge is 2.16. The lowest BCUT2D eigenvalue weighted by molar-refractivity contribution is -0.119. The predicted octanol–water partition coefficient (Wildman–Crippen LogP) is 4.55. The van der Waals surface area contributed by atoms with Crippen LogP contribution in [0.15, 0.2) is 60.0 Å². The molecule has 1 aromatic heterocycles. The first-order valence-electron chi connectivity index (χ1n) is 7.66. The van der Waals surface area contributed by atoms with Gasteiger partial charge < -0.3 is 10.1 Å². The molecule has 0 aliphatic heterocycles. The van der Waals surface area contributed by atoms with Crippen molar-refractivity contribution in [2.24, 2.45) is 0 Å². The second-order valence-electron chi connectivity index (χ2n) is 5.37. The highest BCUT2D eigenvalue weighted by atomic mass is 32.1. The van der Waals surface area contributed by atoms with Crippen molar-refractivity contribution in [3.05, 3.63) is 64.9 Å². The lowest BCUT2D eigenvalue weighted by Gasteiger charge is -2.19. The van der Waals surface area contributed by atoms with E-state index in [0.29, 0.717) is 6.54 Å². The summed E-state index contributed by atoms with van der Waals surface area (Å²) in [6, 6.07) is 18.4. The van der Waals surface area contributed by atoms with Gasteiger partial charge in [-0.05, 0) is 22.9 Å². The molecule has 1 heterocycles. The van der Waals surface area contributed by atoms with E-state index in [4.69, 9.17) is 4.74 Å². The van der Waals surface area contributed by atoms with Crippen LogP contribution in [0.2, 0.25) is 0 Å². The van der Waals surface area contributed by atoms with Crippen molar-refractivity contribution >= 4 is 28.0 Å². The molecule has 1 N–H and O–H groups in total. The number of thiophene rings is 1. The summed E-state index contributed by atoms with van der Waals surface area (Å²) < 4.78 is 6.31. The Kier molecular flexibility index (Phi) is 4.93. The molecule has 0 radical (unpaired) electrons. The monoisotopic (exact) mass is 325 g/mol. The van der Waals surface area contributed by atoms with Crippen molar-refractivity contribution in [1.29, 1.82) is 0 Å². The first-order valence-corrected chi connectivity index (χ1v) is 8.54. The number of nitrogens with one attached hydrogen (secondary N) is 1. The molecule has 23 heavy (non-hydrogen) atoms. The molecule has 0 saturated heterocycles. The average Bonchev–Trinajstić information content (AvgIpc) is 3.08. The van der Waals surface area contributed by atoms with E-state index in [0.717, 1.165) is 22.9 Å². The van der Waals surface area contributed by atoms with Crippen LogP contribution in [-0.4, -0.2) is 12.5 Å². The van der Waals surface area contributed by atoms with Gasteiger partial charge in [-0.1, -0.05) is 42.5 Å². The molecule has 0 bridgehead atoms. The topological polar surface area (TPSA) is 38.3 Å². The van der Waals surface area contributed by atoms with Crippen molar-refractivity contribution in [1.82, 2.24) is 5.32 Å². The molecule has 0 aliphatic rings. The van der Waals surface area contributed by atoms with E-state index in [-0.39, 0.29) is 12.0 Å². The largest absolute Gasteiger partial charge is 0.484 e. The van der Waals surface area contributed by atoms with Gasteiger partial charge >= 0.3 is 0 Å². The molecule has 118 valence electrons. The lowest BCUT2D eigenvalue weighted by Crippen LogP contribution is -2.23. The summed E-state index contributed by atoms with van der Waals surface area (Å²) in [5, 5.41) is 7.17. The number of ether oxygens (including phenoxy) is 1. The van der Waals surface area contributed by atoms with Gasteiger partial charge in [0.1, 0.15) is 11.9 Å². The van der Waals surface area contributed by atoms with Crippen LogP contribution in [0, 0.1) is 0 Å². The molecular weight excluding hydrogens is 306 g/mol. The highest BCUT2D eigenvalue weighted by molar-refractivity contribution is 7.10. The van der Waals surface area contributed by atoms with Crippen molar-refractivity contribution in [2.45, 2.75) is 19.4 Å². The van der Waals surface area contributed by atoms with Gasteiger partial charge in [-0.3, -0.25) is 4.79 Å². The van der Waals surface area contributed by atoms with Crippen LogP contribution < -0.4 is 10.1 Å². The van der Waals surface area contributed by atoms with Crippen LogP contribution in [0.3, 0.4) is 0 Å². The Hall–Kier alpha value is -2.33. The Balaban J connectivity index is 1.83. The smallest absolute Gasteiger partial charge is 0.216 e. The second kappa shape index (κ2) is 7.29. The van der Waals surface area contributed by atoms with Crippen LogP contribution in [-0.2, 0) is 4.79 Å². The Bertz CT molecular complexity index is 778. The van der Waals surface area contributed by atoms with E-state index in [1.807, 2.05) is 35.7 Å². The maximum Gasteiger partial charge on any atom is 0.216 e. The molecule has 0 saturated carbocycles. The van der Waals surface area contributed by atoms with Gasteiger partial charge in [0.2, 0.25) is 5.91 Å². The molecule has 1 amide bonds. The van der Waals surface area contributed by atoms with Crippen molar-refractivity contribution in [2.75, 3.05) is 6.54 Å². The zero-order valence-electron chi connectivity index (χ0n) is 13.0. The van der Waals surface area contributed by atoms with E-state index in [1.54, 1.807) is 11.3 Å². The molecule has 1 atom stereocenters. The zero-order chi connectivity index (χ0) is 16.1. The predicted molar refractivity (Wildman–Crippen MR) is 94.9 cm³/mol. The van der Waals surface area contributed by atoms with Gasteiger partial charge in [-0.2, -0.15) is 0 Å². The Morgan fingerprint density at radius 2 is 1.96 bits per heavy atom. The third-order valence-electron chi connectivity index (χ3n) is 3.66. The molecule has 3 rings (SSSR count). The highest BCUT2D eigenvalue weighted by Crippen LogP contribution is 2.32. The van der Waals surface area contributed by atoms with Crippen molar-refractivity contribution in [3.8, 4) is 5.75 Å². The summed E-state index contributed by atoms with van der Waals surface area (Å²) >= 11 is 1.68. The summed E-state index contributed by atoms with van der Waals surface area (Å²) in [5.74, 6) is 0.865. The quantitative estimate of drug-likeness (QED) is 0.722. The van der Waals surface area contributed by atoms with Crippen LogP contribution in [0.25, 0.3) is 10.8 Å². The summed E-state index contributed by atoms with van der Waals surface area (Å²) in [6.07, 6.45) is 0.677. The molecule has 4 heteroatoms. The number of carbonyl (C=O) groups excluding carboxylic acids is 1. The van der Waals surface area contributed by atoms with E-state index in [2.05, 4.69) is 29.6 Å². The molecule has 0 aliphatic carbocycles. The number of carbonyl (C=O) groups is 1. The fraction of sp³-hybridized carbons (Fsp3) is 0.211. The Labute approximate surface area is 139 Å². The average molecular weight is 325 g/mol. The van der Waals surface area contributed by atoms with Crippen LogP contribution in [0.4, 0.5) is 0 Å². The summed E-state index contributed by atoms with van der Waals surface area (Å²) in [7, 11) is 0. The Morgan fingerprint density at radius 1 is 1.13 bits per heavy atom. The van der Waals surface area contributed by atoms with Gasteiger partial charge in [0.05, 0.1) is 0 Å². The number of hydrogen-bond acceptors (Lipinski definition) is 3. The lowest BCUT2D eigenvalue weighted by atomic mass is 10.1. The minimum absolute atomic E-state index is 0.0138. The summed E-state index contributed by atoms with van der Waals surface area (Å²) in [5.41, 5.74) is 0. The normalized spacial score (nSPS) is 12.0. The number of fused-ring (bicyclic) bond motifs is 1. The fourth-order valence-corrected chi connectivity index (χ4v) is 3.35. The molecule has 0 fully saturated rings. The van der Waals surface area contributed by atoms with Gasteiger partial charge in [-0.15, -0.1) is 11.3 Å². The SMILES string of the molecule is CC(=O)NCC[C@H](Oc1cccc2ccccc12)c1cccs1. The minimum Gasteiger partial charge on any atom is -0.484 e. The molecule has 0 spiro atoms. The maximum absolute atomic E-state index is 11.1. The third kappa shape index (κ3) is 3.90.